The molecule has 0 aromatic carbocycles. The number of hydrogen-bond acceptors (Lipinski definition) is 4. The molecular weight excluding hydrogens is 242 g/mol. The summed E-state index contributed by atoms with van der Waals surface area (Å²) in [7, 11) is -3.44. The lowest BCUT2D eigenvalue weighted by Crippen LogP contribution is -2.40. The second-order valence-electron chi connectivity index (χ2n) is 3.67. The van der Waals surface area contributed by atoms with Crippen LogP contribution in [0, 0.1) is 5.92 Å². The van der Waals surface area contributed by atoms with E-state index < -0.39 is 22.0 Å². The highest BCUT2D eigenvalue weighted by atomic mass is 35.5. The predicted octanol–water partition coefficient (Wildman–Crippen LogP) is 0.0962. The molecule has 1 fully saturated rings. The van der Waals surface area contributed by atoms with Crippen LogP contribution in [-0.4, -0.2) is 38.7 Å². The molecule has 0 saturated carbocycles. The predicted molar refractivity (Wildman–Crippen MR) is 56.2 cm³/mol. The van der Waals surface area contributed by atoms with Crippen molar-refractivity contribution >= 4 is 27.6 Å². The fraction of sp³-hybridized carbons (Fsp3) is 0.875. The normalized spacial score (nSPS) is 23.9. The van der Waals surface area contributed by atoms with Crippen LogP contribution >= 0.6 is 11.6 Å². The quantitative estimate of drug-likeness (QED) is 0.559. The Bertz CT molecular complexity index is 330. The van der Waals surface area contributed by atoms with E-state index in [1.165, 1.54) is 0 Å². The summed E-state index contributed by atoms with van der Waals surface area (Å²) in [4.78, 5) is 11.0. The first-order chi connectivity index (χ1) is 6.94. The first kappa shape index (κ1) is 12.7. The van der Waals surface area contributed by atoms with Crippen LogP contribution in [0.25, 0.3) is 0 Å². The molecule has 0 aromatic heterocycles. The second-order valence-corrected chi connectivity index (χ2v) is 5.77. The van der Waals surface area contributed by atoms with Crippen LogP contribution < -0.4 is 4.72 Å². The van der Waals surface area contributed by atoms with Crippen molar-refractivity contribution in [3.05, 3.63) is 0 Å². The van der Waals surface area contributed by atoms with Crippen molar-refractivity contribution in [2.75, 3.05) is 18.2 Å². The lowest BCUT2D eigenvalue weighted by molar-refractivity contribution is -0.139. The van der Waals surface area contributed by atoms with Crippen molar-refractivity contribution in [2.45, 2.75) is 19.4 Å². The number of rotatable bonds is 5. The van der Waals surface area contributed by atoms with Gasteiger partial charge in [-0.25, -0.2) is 13.1 Å². The molecule has 0 spiro atoms. The highest BCUT2D eigenvalue weighted by molar-refractivity contribution is 7.89. The Balaban J connectivity index is 2.52. The Kier molecular flexibility index (Phi) is 4.36. The van der Waals surface area contributed by atoms with Gasteiger partial charge in [0.1, 0.15) is 6.04 Å². The van der Waals surface area contributed by atoms with Gasteiger partial charge in [0.05, 0.1) is 12.4 Å². The van der Waals surface area contributed by atoms with Crippen molar-refractivity contribution in [3.8, 4) is 0 Å². The molecule has 0 amide bonds. The summed E-state index contributed by atoms with van der Waals surface area (Å²) in [6.45, 7) is 2.01. The molecular formula is C8H14ClNO4S. The smallest absolute Gasteiger partial charge is 0.324 e. The third kappa shape index (κ3) is 3.96. The van der Waals surface area contributed by atoms with E-state index >= 15 is 0 Å². The van der Waals surface area contributed by atoms with Gasteiger partial charge in [-0.2, -0.15) is 0 Å². The number of halogens is 1. The van der Waals surface area contributed by atoms with Crippen LogP contribution in [0.4, 0.5) is 0 Å². The van der Waals surface area contributed by atoms with E-state index in [1.54, 1.807) is 6.92 Å². The summed E-state index contributed by atoms with van der Waals surface area (Å²) in [6.07, 6.45) is 0.396. The van der Waals surface area contributed by atoms with E-state index in [0.717, 1.165) is 0 Å². The molecule has 0 aromatic rings. The van der Waals surface area contributed by atoms with E-state index in [9.17, 15) is 13.2 Å². The van der Waals surface area contributed by atoms with Gasteiger partial charge in [0.2, 0.25) is 10.0 Å². The van der Waals surface area contributed by atoms with Gasteiger partial charge in [0.25, 0.3) is 0 Å². The Morgan fingerprint density at radius 3 is 2.80 bits per heavy atom. The Labute approximate surface area is 94.2 Å². The van der Waals surface area contributed by atoms with E-state index in [0.29, 0.717) is 6.42 Å². The van der Waals surface area contributed by atoms with E-state index in [4.69, 9.17) is 11.6 Å². The monoisotopic (exact) mass is 255 g/mol. The maximum atomic E-state index is 11.5. The van der Waals surface area contributed by atoms with Crippen LogP contribution in [0.1, 0.15) is 13.3 Å². The largest absolute Gasteiger partial charge is 0.464 e. The Morgan fingerprint density at radius 2 is 2.33 bits per heavy atom. The third-order valence-electron chi connectivity index (χ3n) is 2.02. The molecule has 0 aliphatic carbocycles. The molecule has 1 saturated heterocycles. The molecule has 15 heavy (non-hydrogen) atoms. The summed E-state index contributed by atoms with van der Waals surface area (Å²) >= 11 is 5.52. The fourth-order valence-electron chi connectivity index (χ4n) is 1.29. The standard InChI is InChI=1S/C8H14ClNO4S/c1-6(4-9)5-15(12,13)10-7-2-3-14-8(7)11/h6-7,10H,2-5H2,1H3. The number of ether oxygens (including phenoxy) is 1. The molecule has 88 valence electrons. The topological polar surface area (TPSA) is 72.5 Å². The number of sulfonamides is 1. The van der Waals surface area contributed by atoms with Gasteiger partial charge >= 0.3 is 5.97 Å². The zero-order valence-electron chi connectivity index (χ0n) is 8.40. The third-order valence-corrected chi connectivity index (χ3v) is 4.20. The minimum atomic E-state index is -3.44. The SMILES string of the molecule is CC(CCl)CS(=O)(=O)NC1CCOC1=O. The summed E-state index contributed by atoms with van der Waals surface area (Å²) in [6, 6.07) is -0.725. The molecule has 2 atom stereocenters. The number of hydrogen-bond donors (Lipinski definition) is 1. The number of carbonyl (C=O) groups is 1. The molecule has 2 unspecified atom stereocenters. The van der Waals surface area contributed by atoms with Crippen LogP contribution in [0.15, 0.2) is 0 Å². The molecule has 0 radical (unpaired) electrons. The maximum absolute atomic E-state index is 11.5. The van der Waals surface area contributed by atoms with Gasteiger partial charge in [-0.3, -0.25) is 4.79 Å². The molecule has 5 nitrogen and oxygen atoms in total. The van der Waals surface area contributed by atoms with Crippen LogP contribution in [0.5, 0.6) is 0 Å². The highest BCUT2D eigenvalue weighted by Gasteiger charge is 2.30. The summed E-state index contributed by atoms with van der Waals surface area (Å²) < 4.78 is 30.0. The summed E-state index contributed by atoms with van der Waals surface area (Å²) in [5.41, 5.74) is 0. The van der Waals surface area contributed by atoms with Gasteiger partial charge < -0.3 is 4.74 Å². The van der Waals surface area contributed by atoms with Crippen molar-refractivity contribution in [2.24, 2.45) is 5.92 Å². The molecule has 0 bridgehead atoms. The van der Waals surface area contributed by atoms with E-state index in [-0.39, 0.29) is 24.2 Å². The van der Waals surface area contributed by atoms with Gasteiger partial charge in [-0.05, 0) is 5.92 Å². The highest BCUT2D eigenvalue weighted by Crippen LogP contribution is 2.09. The lowest BCUT2D eigenvalue weighted by atomic mass is 10.3. The first-order valence-corrected chi connectivity index (χ1v) is 6.86. The average molecular weight is 256 g/mol. The second kappa shape index (κ2) is 5.14. The molecule has 1 N–H and O–H groups in total. The van der Waals surface area contributed by atoms with Gasteiger partial charge in [-0.1, -0.05) is 6.92 Å². The van der Waals surface area contributed by atoms with Crippen LogP contribution in [0.3, 0.4) is 0 Å². The molecule has 1 heterocycles. The van der Waals surface area contributed by atoms with E-state index in [1.807, 2.05) is 0 Å². The number of cyclic esters (lactones) is 1. The van der Waals surface area contributed by atoms with Crippen molar-refractivity contribution < 1.29 is 17.9 Å². The maximum Gasteiger partial charge on any atom is 0.324 e. The lowest BCUT2D eigenvalue weighted by Gasteiger charge is -2.12. The number of alkyl halides is 1. The number of carbonyl (C=O) groups excluding carboxylic acids is 1. The molecule has 1 rings (SSSR count). The van der Waals surface area contributed by atoms with Crippen molar-refractivity contribution in [1.29, 1.82) is 0 Å². The average Bonchev–Trinajstić information content (AvgIpc) is 2.50. The molecule has 7 heteroatoms. The minimum absolute atomic E-state index is 0.0692. The number of nitrogens with one attached hydrogen (secondary N) is 1. The van der Waals surface area contributed by atoms with Crippen LogP contribution in [0.2, 0.25) is 0 Å². The van der Waals surface area contributed by atoms with Gasteiger partial charge in [0, 0.05) is 12.3 Å². The minimum Gasteiger partial charge on any atom is -0.464 e. The van der Waals surface area contributed by atoms with Gasteiger partial charge in [0.15, 0.2) is 0 Å². The van der Waals surface area contributed by atoms with Crippen molar-refractivity contribution in [3.63, 3.8) is 0 Å². The fourth-order valence-corrected chi connectivity index (χ4v) is 3.14. The zero-order chi connectivity index (χ0) is 11.5. The summed E-state index contributed by atoms with van der Waals surface area (Å²) in [5, 5.41) is 0. The summed E-state index contributed by atoms with van der Waals surface area (Å²) in [5.74, 6) is -0.435. The molecule has 1 aliphatic heterocycles. The Morgan fingerprint density at radius 1 is 1.67 bits per heavy atom. The van der Waals surface area contributed by atoms with Gasteiger partial charge in [-0.15, -0.1) is 11.6 Å². The first-order valence-electron chi connectivity index (χ1n) is 4.67. The van der Waals surface area contributed by atoms with Crippen molar-refractivity contribution in [1.82, 2.24) is 4.72 Å². The van der Waals surface area contributed by atoms with E-state index in [2.05, 4.69) is 9.46 Å². The Hall–Kier alpha value is -0.330. The molecule has 1 aliphatic rings. The number of esters is 1. The zero-order valence-corrected chi connectivity index (χ0v) is 9.97. The van der Waals surface area contributed by atoms with Crippen LogP contribution in [-0.2, 0) is 19.6 Å².